The second-order valence-electron chi connectivity index (χ2n) is 15.9. The monoisotopic (exact) mass is 796 g/mol. The highest BCUT2D eigenvalue weighted by molar-refractivity contribution is 5.90. The van der Waals surface area contributed by atoms with Crippen molar-refractivity contribution in [1.29, 1.82) is 0 Å². The Morgan fingerprint density at radius 3 is 1.52 bits per heavy atom. The molecule has 10 rings (SSSR count). The van der Waals surface area contributed by atoms with E-state index >= 15 is 0 Å². The van der Waals surface area contributed by atoms with Crippen LogP contribution in [-0.2, 0) is 0 Å². The van der Waals surface area contributed by atoms with E-state index in [1.54, 1.807) is 0 Å². The second kappa shape index (κ2) is 17.9. The van der Waals surface area contributed by atoms with Gasteiger partial charge in [0.25, 0.3) is 0 Å². The molecule has 0 atom stereocenters. The third kappa shape index (κ3) is 8.11. The Hall–Kier alpha value is -7.68. The van der Waals surface area contributed by atoms with Gasteiger partial charge >= 0.3 is 0 Å². The molecule has 0 spiro atoms. The molecule has 8 aromatic carbocycles. The minimum absolute atomic E-state index is 0.938. The predicted octanol–water partition coefficient (Wildman–Crippen LogP) is 16.8. The Morgan fingerprint density at radius 1 is 0.339 bits per heavy atom. The SMILES string of the molecule is C1=CCCC(c2cccc(-c3ccc(N(C4=C(c5ccc(-c6ccccc6N(c6ccccc6)c6ccc(-c7ccccc7)cc6)cc5)C=CCC4)c4ccccc4)cc3)c2)=C1. The number of hydrogen-bond donors (Lipinski definition) is 0. The molecule has 0 aromatic heterocycles. The summed E-state index contributed by atoms with van der Waals surface area (Å²) >= 11 is 0. The Morgan fingerprint density at radius 2 is 0.839 bits per heavy atom. The van der Waals surface area contributed by atoms with Crippen LogP contribution in [0, 0.1) is 0 Å². The average Bonchev–Trinajstić information content (AvgIpc) is 3.36. The van der Waals surface area contributed by atoms with Crippen molar-refractivity contribution in [3.63, 3.8) is 0 Å². The minimum Gasteiger partial charge on any atom is -0.314 e. The summed E-state index contributed by atoms with van der Waals surface area (Å²) in [6, 6.07) is 77.0. The van der Waals surface area contributed by atoms with Crippen LogP contribution in [0.15, 0.2) is 248 Å². The van der Waals surface area contributed by atoms with E-state index in [9.17, 15) is 0 Å². The smallest absolute Gasteiger partial charge is 0.0540 e. The zero-order valence-electron chi connectivity index (χ0n) is 34.8. The first-order valence-corrected chi connectivity index (χ1v) is 21.8. The van der Waals surface area contributed by atoms with Crippen molar-refractivity contribution in [2.75, 3.05) is 9.80 Å². The molecular weight excluding hydrogens is 749 g/mol. The molecule has 0 fully saturated rings. The molecule has 2 aliphatic carbocycles. The first kappa shape index (κ1) is 38.5. The van der Waals surface area contributed by atoms with E-state index in [1.165, 1.54) is 61.4 Å². The zero-order chi connectivity index (χ0) is 41.5. The molecule has 0 saturated heterocycles. The van der Waals surface area contributed by atoms with Crippen molar-refractivity contribution in [1.82, 2.24) is 0 Å². The fourth-order valence-corrected chi connectivity index (χ4v) is 8.91. The maximum atomic E-state index is 2.46. The molecule has 0 N–H and O–H groups in total. The van der Waals surface area contributed by atoms with Crippen LogP contribution in [0.3, 0.4) is 0 Å². The van der Waals surface area contributed by atoms with E-state index in [-0.39, 0.29) is 0 Å². The van der Waals surface area contributed by atoms with Crippen molar-refractivity contribution in [3.05, 3.63) is 260 Å². The van der Waals surface area contributed by atoms with Gasteiger partial charge in [0.15, 0.2) is 0 Å². The standard InChI is InChI=1S/C60H48N2/c1-5-18-45(19-6-1)47-36-40-55(41-37-47)61(53-24-9-3-10-25-53)59-30-15-13-28-57(59)49-32-34-50(35-33-49)58-29-14-16-31-60(58)62(54-26-11-4-12-27-54)56-42-38-48(39-43-56)52-23-17-22-51(44-52)46-20-7-2-8-21-46/h1-7,9-15,17-20,22-30,32-44H,8,16,21,31H2. The van der Waals surface area contributed by atoms with E-state index in [0.717, 1.165) is 54.1 Å². The van der Waals surface area contributed by atoms with Crippen LogP contribution < -0.4 is 9.80 Å². The van der Waals surface area contributed by atoms with Gasteiger partial charge in [0, 0.05) is 39.6 Å². The highest BCUT2D eigenvalue weighted by Crippen LogP contribution is 2.43. The summed E-state index contributed by atoms with van der Waals surface area (Å²) in [6.45, 7) is 0. The van der Waals surface area contributed by atoms with Gasteiger partial charge in [-0.25, -0.2) is 0 Å². The van der Waals surface area contributed by atoms with Gasteiger partial charge in [-0.15, -0.1) is 0 Å². The zero-order valence-corrected chi connectivity index (χ0v) is 34.8. The lowest BCUT2D eigenvalue weighted by atomic mass is 9.92. The molecule has 2 aliphatic rings. The Kier molecular flexibility index (Phi) is 11.1. The molecular formula is C60H48N2. The van der Waals surface area contributed by atoms with Gasteiger partial charge < -0.3 is 9.80 Å². The lowest BCUT2D eigenvalue weighted by molar-refractivity contribution is 0.923. The van der Waals surface area contributed by atoms with Crippen LogP contribution in [0.1, 0.15) is 36.8 Å². The third-order valence-electron chi connectivity index (χ3n) is 12.0. The van der Waals surface area contributed by atoms with Gasteiger partial charge in [0.05, 0.1) is 5.69 Å². The predicted molar refractivity (Wildman–Crippen MR) is 264 cm³/mol. The number of nitrogens with zero attached hydrogens (tertiary/aromatic N) is 2. The lowest BCUT2D eigenvalue weighted by Gasteiger charge is -2.31. The van der Waals surface area contributed by atoms with Crippen molar-refractivity contribution in [3.8, 4) is 33.4 Å². The van der Waals surface area contributed by atoms with E-state index in [4.69, 9.17) is 0 Å². The second-order valence-corrected chi connectivity index (χ2v) is 15.9. The third-order valence-corrected chi connectivity index (χ3v) is 12.0. The van der Waals surface area contributed by atoms with Crippen molar-refractivity contribution in [2.24, 2.45) is 0 Å². The fourth-order valence-electron chi connectivity index (χ4n) is 8.91. The van der Waals surface area contributed by atoms with Gasteiger partial charge in [-0.3, -0.25) is 0 Å². The summed E-state index contributed by atoms with van der Waals surface area (Å²) in [6.07, 6.45) is 15.4. The van der Waals surface area contributed by atoms with Crippen molar-refractivity contribution in [2.45, 2.75) is 25.7 Å². The lowest BCUT2D eigenvalue weighted by Crippen LogP contribution is -2.19. The Bertz CT molecular complexity index is 2900. The fraction of sp³-hybridized carbons (Fsp3) is 0.0667. The van der Waals surface area contributed by atoms with Crippen LogP contribution in [-0.4, -0.2) is 0 Å². The van der Waals surface area contributed by atoms with Gasteiger partial charge in [0.1, 0.15) is 0 Å². The largest absolute Gasteiger partial charge is 0.314 e. The topological polar surface area (TPSA) is 6.48 Å². The highest BCUT2D eigenvalue weighted by Gasteiger charge is 2.22. The van der Waals surface area contributed by atoms with Gasteiger partial charge in [-0.2, -0.15) is 0 Å². The van der Waals surface area contributed by atoms with Gasteiger partial charge in [-0.05, 0) is 131 Å². The van der Waals surface area contributed by atoms with Crippen LogP contribution in [0.25, 0.3) is 44.5 Å². The van der Waals surface area contributed by atoms with Crippen molar-refractivity contribution < 1.29 is 0 Å². The highest BCUT2D eigenvalue weighted by atomic mass is 15.2. The van der Waals surface area contributed by atoms with E-state index < -0.39 is 0 Å². The van der Waals surface area contributed by atoms with Crippen LogP contribution in [0.2, 0.25) is 0 Å². The molecule has 0 aliphatic heterocycles. The van der Waals surface area contributed by atoms with Crippen LogP contribution in [0.4, 0.5) is 28.4 Å². The molecule has 0 radical (unpaired) electrons. The summed E-state index contributed by atoms with van der Waals surface area (Å²) in [5.74, 6) is 0. The molecule has 298 valence electrons. The Balaban J connectivity index is 0.995. The number of rotatable bonds is 11. The molecule has 0 unspecified atom stereocenters. The summed E-state index contributed by atoms with van der Waals surface area (Å²) in [4.78, 5) is 4.83. The average molecular weight is 797 g/mol. The van der Waals surface area contributed by atoms with Gasteiger partial charge in [0.2, 0.25) is 0 Å². The molecule has 62 heavy (non-hydrogen) atoms. The van der Waals surface area contributed by atoms with Crippen LogP contribution in [0.5, 0.6) is 0 Å². The van der Waals surface area contributed by atoms with Gasteiger partial charge in [-0.1, -0.05) is 182 Å². The van der Waals surface area contributed by atoms with E-state index in [0.29, 0.717) is 0 Å². The maximum absolute atomic E-state index is 2.46. The van der Waals surface area contributed by atoms with Crippen LogP contribution >= 0.6 is 0 Å². The summed E-state index contributed by atoms with van der Waals surface area (Å²) in [7, 11) is 0. The molecule has 0 amide bonds. The normalized spacial score (nSPS) is 13.5. The first-order chi connectivity index (χ1) is 30.8. The molecule has 2 heteroatoms. The molecule has 8 aromatic rings. The summed E-state index contributed by atoms with van der Waals surface area (Å²) < 4.78 is 0. The molecule has 0 heterocycles. The maximum Gasteiger partial charge on any atom is 0.0540 e. The first-order valence-electron chi connectivity index (χ1n) is 21.8. The molecule has 2 nitrogen and oxygen atoms in total. The van der Waals surface area contributed by atoms with E-state index in [1.807, 2.05) is 0 Å². The minimum atomic E-state index is 0.938. The quantitative estimate of drug-likeness (QED) is 0.129. The number of hydrogen-bond acceptors (Lipinski definition) is 2. The Labute approximate surface area is 366 Å². The summed E-state index contributed by atoms with van der Waals surface area (Å²) in [5.41, 5.74) is 19.3. The van der Waals surface area contributed by atoms with E-state index in [2.05, 4.69) is 253 Å². The molecule has 0 saturated carbocycles. The summed E-state index contributed by atoms with van der Waals surface area (Å²) in [5, 5.41) is 0. The number of anilines is 5. The number of allylic oxidation sites excluding steroid dienone is 8. The number of para-hydroxylation sites is 3. The molecule has 0 bridgehead atoms. The van der Waals surface area contributed by atoms with Crippen molar-refractivity contribution >= 4 is 39.6 Å². The number of benzene rings is 8.